The van der Waals surface area contributed by atoms with Gasteiger partial charge >= 0.3 is 0 Å². The van der Waals surface area contributed by atoms with E-state index in [2.05, 4.69) is 68.2 Å². The molecule has 1 unspecified atom stereocenters. The highest BCUT2D eigenvalue weighted by Crippen LogP contribution is 2.13. The molecule has 0 bridgehead atoms. The molecule has 0 spiro atoms. The molecule has 0 amide bonds. The zero-order valence-electron chi connectivity index (χ0n) is 13.0. The summed E-state index contributed by atoms with van der Waals surface area (Å²) in [7, 11) is 0. The molecule has 2 nitrogen and oxygen atoms in total. The second kappa shape index (κ2) is 8.98. The summed E-state index contributed by atoms with van der Waals surface area (Å²) in [6, 6.07) is 11.0. The third kappa shape index (κ3) is 5.65. The van der Waals surface area contributed by atoms with Crippen LogP contribution in [0.3, 0.4) is 0 Å². The Labute approximate surface area is 119 Å². The van der Waals surface area contributed by atoms with E-state index in [0.717, 1.165) is 19.0 Å². The third-order valence-electron chi connectivity index (χ3n) is 4.05. The number of nitrogens with one attached hydrogen (secondary N) is 1. The molecule has 1 N–H and O–H groups in total. The summed E-state index contributed by atoms with van der Waals surface area (Å²) in [5.41, 5.74) is 1.22. The molecule has 0 aliphatic rings. The van der Waals surface area contributed by atoms with Gasteiger partial charge in [0, 0.05) is 24.8 Å². The highest BCUT2D eigenvalue weighted by molar-refractivity contribution is 5.42. The van der Waals surface area contributed by atoms with Crippen LogP contribution in [0.1, 0.15) is 40.5 Å². The molecule has 1 aromatic carbocycles. The molecular weight excluding hydrogens is 232 g/mol. The number of hydrogen-bond donors (Lipinski definition) is 1. The molecule has 1 aromatic rings. The Morgan fingerprint density at radius 1 is 1.05 bits per heavy atom. The zero-order chi connectivity index (χ0) is 14.1. The van der Waals surface area contributed by atoms with Crippen molar-refractivity contribution < 1.29 is 0 Å². The molecule has 0 aliphatic carbocycles. The molecular formula is C17H30N2. The lowest BCUT2D eigenvalue weighted by molar-refractivity contribution is 0.187. The van der Waals surface area contributed by atoms with Gasteiger partial charge in [0.1, 0.15) is 0 Å². The van der Waals surface area contributed by atoms with Crippen LogP contribution in [0.5, 0.6) is 0 Å². The summed E-state index contributed by atoms with van der Waals surface area (Å²) in [4.78, 5) is 2.59. The number of likely N-dealkylation sites (N-methyl/N-ethyl adjacent to an activating group) is 1. The number of hydrogen-bond acceptors (Lipinski definition) is 2. The molecule has 19 heavy (non-hydrogen) atoms. The SMILES string of the molecule is CCC(CC)CN(CC)C(C)CNc1ccccc1. The standard InChI is InChI=1S/C17H30N2/c1-5-16(6-2)14-19(7-3)15(4)13-18-17-11-9-8-10-12-17/h8-12,15-16,18H,5-7,13-14H2,1-4H3. The van der Waals surface area contributed by atoms with Gasteiger partial charge in [0.05, 0.1) is 0 Å². The van der Waals surface area contributed by atoms with Crippen LogP contribution < -0.4 is 5.32 Å². The lowest BCUT2D eigenvalue weighted by atomic mass is 10.0. The predicted octanol–water partition coefficient (Wildman–Crippen LogP) is 4.25. The Morgan fingerprint density at radius 2 is 1.68 bits per heavy atom. The van der Waals surface area contributed by atoms with E-state index in [9.17, 15) is 0 Å². The average molecular weight is 262 g/mol. The van der Waals surface area contributed by atoms with Gasteiger partial charge in [0.2, 0.25) is 0 Å². The van der Waals surface area contributed by atoms with Gasteiger partial charge in [-0.1, -0.05) is 51.8 Å². The normalized spacial score (nSPS) is 12.9. The van der Waals surface area contributed by atoms with Crippen molar-refractivity contribution in [3.63, 3.8) is 0 Å². The second-order valence-electron chi connectivity index (χ2n) is 5.37. The Morgan fingerprint density at radius 3 is 2.21 bits per heavy atom. The molecule has 0 radical (unpaired) electrons. The van der Waals surface area contributed by atoms with Gasteiger partial charge in [0.25, 0.3) is 0 Å². The van der Waals surface area contributed by atoms with E-state index in [1.165, 1.54) is 25.1 Å². The average Bonchev–Trinajstić information content (AvgIpc) is 2.47. The van der Waals surface area contributed by atoms with Gasteiger partial charge in [-0.25, -0.2) is 0 Å². The van der Waals surface area contributed by atoms with E-state index in [4.69, 9.17) is 0 Å². The van der Waals surface area contributed by atoms with Crippen LogP contribution in [0.25, 0.3) is 0 Å². The summed E-state index contributed by atoms with van der Waals surface area (Å²) >= 11 is 0. The number of anilines is 1. The maximum absolute atomic E-state index is 3.53. The second-order valence-corrected chi connectivity index (χ2v) is 5.37. The molecule has 0 aliphatic heterocycles. The van der Waals surface area contributed by atoms with Gasteiger partial charge in [-0.3, -0.25) is 4.90 Å². The van der Waals surface area contributed by atoms with Crippen LogP contribution in [0.15, 0.2) is 30.3 Å². The predicted molar refractivity (Wildman–Crippen MR) is 85.7 cm³/mol. The summed E-state index contributed by atoms with van der Waals surface area (Å²) in [6.07, 6.45) is 2.57. The van der Waals surface area contributed by atoms with E-state index < -0.39 is 0 Å². The summed E-state index contributed by atoms with van der Waals surface area (Å²) in [5.74, 6) is 0.833. The largest absolute Gasteiger partial charge is 0.383 e. The number of benzene rings is 1. The minimum atomic E-state index is 0.575. The number of rotatable bonds is 9. The number of nitrogens with zero attached hydrogens (tertiary/aromatic N) is 1. The molecule has 0 saturated heterocycles. The topological polar surface area (TPSA) is 15.3 Å². The fourth-order valence-corrected chi connectivity index (χ4v) is 2.45. The third-order valence-corrected chi connectivity index (χ3v) is 4.05. The highest BCUT2D eigenvalue weighted by atomic mass is 15.2. The minimum Gasteiger partial charge on any atom is -0.383 e. The summed E-state index contributed by atoms with van der Waals surface area (Å²) < 4.78 is 0. The van der Waals surface area contributed by atoms with Gasteiger partial charge in [-0.2, -0.15) is 0 Å². The van der Waals surface area contributed by atoms with Crippen molar-refractivity contribution in [2.45, 2.75) is 46.6 Å². The van der Waals surface area contributed by atoms with Crippen LogP contribution in [0, 0.1) is 5.92 Å². The zero-order valence-corrected chi connectivity index (χ0v) is 13.0. The first-order chi connectivity index (χ1) is 9.21. The van der Waals surface area contributed by atoms with Gasteiger partial charge in [-0.05, 0) is 31.5 Å². The molecule has 1 atom stereocenters. The summed E-state index contributed by atoms with van der Waals surface area (Å²) in [6.45, 7) is 12.6. The van der Waals surface area contributed by atoms with E-state index in [0.29, 0.717) is 6.04 Å². The lowest BCUT2D eigenvalue weighted by Crippen LogP contribution is -2.40. The number of para-hydroxylation sites is 1. The van der Waals surface area contributed by atoms with Crippen molar-refractivity contribution in [1.29, 1.82) is 0 Å². The Balaban J connectivity index is 2.43. The quantitative estimate of drug-likeness (QED) is 0.716. The fourth-order valence-electron chi connectivity index (χ4n) is 2.45. The van der Waals surface area contributed by atoms with Crippen LogP contribution in [0.4, 0.5) is 5.69 Å². The first-order valence-electron chi connectivity index (χ1n) is 7.74. The maximum Gasteiger partial charge on any atom is 0.0340 e. The first-order valence-corrected chi connectivity index (χ1v) is 7.74. The van der Waals surface area contributed by atoms with E-state index in [1.54, 1.807) is 0 Å². The summed E-state index contributed by atoms with van der Waals surface area (Å²) in [5, 5.41) is 3.53. The molecule has 1 rings (SSSR count). The van der Waals surface area contributed by atoms with Crippen molar-refractivity contribution >= 4 is 5.69 Å². The van der Waals surface area contributed by atoms with Crippen molar-refractivity contribution in [3.05, 3.63) is 30.3 Å². The van der Waals surface area contributed by atoms with E-state index in [-0.39, 0.29) is 0 Å². The van der Waals surface area contributed by atoms with Crippen molar-refractivity contribution in [3.8, 4) is 0 Å². The monoisotopic (exact) mass is 262 g/mol. The maximum atomic E-state index is 3.53. The minimum absolute atomic E-state index is 0.575. The fraction of sp³-hybridized carbons (Fsp3) is 0.647. The molecule has 2 heteroatoms. The molecule has 108 valence electrons. The van der Waals surface area contributed by atoms with E-state index in [1.807, 2.05) is 0 Å². The molecule has 0 aromatic heterocycles. The van der Waals surface area contributed by atoms with Gasteiger partial charge in [-0.15, -0.1) is 0 Å². The molecule has 0 heterocycles. The Kier molecular flexibility index (Phi) is 7.57. The first kappa shape index (κ1) is 16.0. The van der Waals surface area contributed by atoms with Crippen LogP contribution in [0.2, 0.25) is 0 Å². The van der Waals surface area contributed by atoms with Crippen LogP contribution >= 0.6 is 0 Å². The van der Waals surface area contributed by atoms with E-state index >= 15 is 0 Å². The van der Waals surface area contributed by atoms with Crippen molar-refractivity contribution in [1.82, 2.24) is 4.90 Å². The lowest BCUT2D eigenvalue weighted by Gasteiger charge is -2.31. The van der Waals surface area contributed by atoms with Crippen LogP contribution in [-0.2, 0) is 0 Å². The highest BCUT2D eigenvalue weighted by Gasteiger charge is 2.15. The van der Waals surface area contributed by atoms with Crippen molar-refractivity contribution in [2.24, 2.45) is 5.92 Å². The Hall–Kier alpha value is -1.02. The van der Waals surface area contributed by atoms with Gasteiger partial charge in [0.15, 0.2) is 0 Å². The van der Waals surface area contributed by atoms with Crippen molar-refractivity contribution in [2.75, 3.05) is 25.0 Å². The Bertz CT molecular complexity index is 319. The van der Waals surface area contributed by atoms with Gasteiger partial charge < -0.3 is 5.32 Å². The molecule has 0 saturated carbocycles. The molecule has 0 fully saturated rings. The van der Waals surface area contributed by atoms with Crippen LogP contribution in [-0.4, -0.2) is 30.6 Å². The smallest absolute Gasteiger partial charge is 0.0340 e.